The number of carbonyl (C=O) groups is 2. The third-order valence-electron chi connectivity index (χ3n) is 2.98. The fraction of sp³-hybridized carbons (Fsp3) is 0.583. The average Bonchev–Trinajstić information content (AvgIpc) is 2.95. The lowest BCUT2D eigenvalue weighted by Crippen LogP contribution is -2.25. The van der Waals surface area contributed by atoms with Gasteiger partial charge >= 0.3 is 5.97 Å². The highest BCUT2D eigenvalue weighted by Crippen LogP contribution is 2.26. The van der Waals surface area contributed by atoms with Crippen molar-refractivity contribution in [2.45, 2.75) is 26.2 Å². The van der Waals surface area contributed by atoms with Gasteiger partial charge in [-0.15, -0.1) is 0 Å². The zero-order valence-electron chi connectivity index (χ0n) is 10.5. The van der Waals surface area contributed by atoms with E-state index >= 15 is 0 Å². The molecule has 6 nitrogen and oxygen atoms in total. The van der Waals surface area contributed by atoms with Gasteiger partial charge < -0.3 is 9.26 Å². The SMILES string of the molecule is CCCc1cc(N2CC(C(=O)OC)CC2=O)on1. The number of hydrogen-bond donors (Lipinski definition) is 0. The van der Waals surface area contributed by atoms with Crippen molar-refractivity contribution in [3.8, 4) is 0 Å². The lowest BCUT2D eigenvalue weighted by atomic mass is 10.1. The van der Waals surface area contributed by atoms with E-state index in [1.807, 2.05) is 6.92 Å². The Hall–Kier alpha value is -1.85. The van der Waals surface area contributed by atoms with Crippen molar-refractivity contribution in [2.75, 3.05) is 18.6 Å². The van der Waals surface area contributed by atoms with Crippen LogP contribution in [0.2, 0.25) is 0 Å². The first kappa shape index (κ1) is 12.6. The smallest absolute Gasteiger partial charge is 0.311 e. The molecule has 18 heavy (non-hydrogen) atoms. The number of anilines is 1. The molecule has 1 saturated heterocycles. The molecule has 2 rings (SSSR count). The standard InChI is InChI=1S/C12H16N2O4/c1-3-4-9-6-11(18-13-9)14-7-8(5-10(14)15)12(16)17-2/h6,8H,3-5,7H2,1-2H3. The van der Waals surface area contributed by atoms with Crippen molar-refractivity contribution < 1.29 is 18.8 Å². The van der Waals surface area contributed by atoms with Crippen LogP contribution in [0, 0.1) is 5.92 Å². The van der Waals surface area contributed by atoms with Gasteiger partial charge in [0.1, 0.15) is 0 Å². The van der Waals surface area contributed by atoms with Crippen LogP contribution in [0.1, 0.15) is 25.5 Å². The number of methoxy groups -OCH3 is 1. The summed E-state index contributed by atoms with van der Waals surface area (Å²) >= 11 is 0. The van der Waals surface area contributed by atoms with Crippen molar-refractivity contribution in [1.82, 2.24) is 5.16 Å². The predicted octanol–water partition coefficient (Wildman–Crippen LogP) is 1.15. The Morgan fingerprint density at radius 3 is 3.11 bits per heavy atom. The van der Waals surface area contributed by atoms with Crippen molar-refractivity contribution in [1.29, 1.82) is 0 Å². The van der Waals surface area contributed by atoms with Gasteiger partial charge in [-0.3, -0.25) is 14.5 Å². The maximum absolute atomic E-state index is 11.8. The second kappa shape index (κ2) is 5.20. The number of nitrogens with zero attached hydrogens (tertiary/aromatic N) is 2. The minimum absolute atomic E-state index is 0.135. The molecular weight excluding hydrogens is 236 g/mol. The predicted molar refractivity (Wildman–Crippen MR) is 63.0 cm³/mol. The molecule has 1 amide bonds. The summed E-state index contributed by atoms with van der Waals surface area (Å²) in [5, 5.41) is 3.89. The number of hydrogen-bond acceptors (Lipinski definition) is 5. The Labute approximate surface area is 105 Å². The number of esters is 1. The lowest BCUT2D eigenvalue weighted by Gasteiger charge is -2.10. The molecule has 1 aromatic rings. The van der Waals surface area contributed by atoms with E-state index in [9.17, 15) is 9.59 Å². The van der Waals surface area contributed by atoms with Gasteiger partial charge in [0.25, 0.3) is 0 Å². The first-order valence-electron chi connectivity index (χ1n) is 5.99. The Balaban J connectivity index is 2.09. The molecular formula is C12H16N2O4. The molecule has 6 heteroatoms. The van der Waals surface area contributed by atoms with Crippen LogP contribution < -0.4 is 4.90 Å². The van der Waals surface area contributed by atoms with Crippen molar-refractivity contribution >= 4 is 17.8 Å². The van der Waals surface area contributed by atoms with Gasteiger partial charge in [-0.2, -0.15) is 0 Å². The number of aromatic nitrogens is 1. The van der Waals surface area contributed by atoms with E-state index < -0.39 is 5.92 Å². The minimum atomic E-state index is -0.415. The van der Waals surface area contributed by atoms with Gasteiger partial charge in [0.2, 0.25) is 11.8 Å². The summed E-state index contributed by atoms with van der Waals surface area (Å²) in [7, 11) is 1.32. The average molecular weight is 252 g/mol. The monoisotopic (exact) mass is 252 g/mol. The minimum Gasteiger partial charge on any atom is -0.469 e. The molecule has 2 heterocycles. The number of aryl methyl sites for hydroxylation is 1. The van der Waals surface area contributed by atoms with Crippen LogP contribution in [0.25, 0.3) is 0 Å². The topological polar surface area (TPSA) is 72.6 Å². The zero-order valence-corrected chi connectivity index (χ0v) is 10.5. The maximum Gasteiger partial charge on any atom is 0.311 e. The van der Waals surface area contributed by atoms with Crippen LogP contribution in [0.4, 0.5) is 5.88 Å². The van der Waals surface area contributed by atoms with Crippen LogP contribution in [0.3, 0.4) is 0 Å². The van der Waals surface area contributed by atoms with Crippen molar-refractivity contribution in [3.63, 3.8) is 0 Å². The Morgan fingerprint density at radius 1 is 1.67 bits per heavy atom. The molecule has 1 aliphatic heterocycles. The molecule has 0 aliphatic carbocycles. The maximum atomic E-state index is 11.8. The first-order valence-corrected chi connectivity index (χ1v) is 5.99. The summed E-state index contributed by atoms with van der Waals surface area (Å²) < 4.78 is 9.78. The van der Waals surface area contributed by atoms with Crippen molar-refractivity contribution in [3.05, 3.63) is 11.8 Å². The van der Waals surface area contributed by atoms with Crippen LogP contribution in [-0.4, -0.2) is 30.7 Å². The molecule has 98 valence electrons. The summed E-state index contributed by atoms with van der Waals surface area (Å²) in [6, 6.07) is 1.75. The van der Waals surface area contributed by atoms with E-state index in [2.05, 4.69) is 9.89 Å². The first-order chi connectivity index (χ1) is 8.65. The molecule has 0 bridgehead atoms. The Kier molecular flexibility index (Phi) is 3.64. The Bertz CT molecular complexity index is 455. The van der Waals surface area contributed by atoms with Crippen LogP contribution >= 0.6 is 0 Å². The largest absolute Gasteiger partial charge is 0.469 e. The molecule has 0 aromatic carbocycles. The van der Waals surface area contributed by atoms with Gasteiger partial charge in [-0.1, -0.05) is 18.5 Å². The number of ether oxygens (including phenoxy) is 1. The third kappa shape index (κ3) is 2.37. The number of carbonyl (C=O) groups excluding carboxylic acids is 2. The second-order valence-corrected chi connectivity index (χ2v) is 4.34. The summed E-state index contributed by atoms with van der Waals surface area (Å²) in [5.41, 5.74) is 0.821. The fourth-order valence-corrected chi connectivity index (χ4v) is 2.05. The summed E-state index contributed by atoms with van der Waals surface area (Å²) in [4.78, 5) is 24.7. The van der Waals surface area contributed by atoms with E-state index in [0.29, 0.717) is 12.4 Å². The lowest BCUT2D eigenvalue weighted by molar-refractivity contribution is -0.145. The highest BCUT2D eigenvalue weighted by Gasteiger charge is 2.37. The third-order valence-corrected chi connectivity index (χ3v) is 2.98. The van der Waals surface area contributed by atoms with Crippen LogP contribution in [0.15, 0.2) is 10.6 Å². The van der Waals surface area contributed by atoms with Gasteiger partial charge in [0.05, 0.1) is 18.7 Å². The second-order valence-electron chi connectivity index (χ2n) is 4.34. The van der Waals surface area contributed by atoms with Crippen molar-refractivity contribution in [2.24, 2.45) is 5.92 Å². The molecule has 1 unspecified atom stereocenters. The Morgan fingerprint density at radius 2 is 2.44 bits per heavy atom. The molecule has 1 fully saturated rings. The molecule has 0 spiro atoms. The molecule has 1 atom stereocenters. The summed E-state index contributed by atoms with van der Waals surface area (Å²) in [6.45, 7) is 2.34. The van der Waals surface area contributed by atoms with E-state index in [1.54, 1.807) is 6.07 Å². The van der Waals surface area contributed by atoms with Gasteiger partial charge in [0, 0.05) is 19.0 Å². The van der Waals surface area contributed by atoms with Gasteiger partial charge in [0.15, 0.2) is 0 Å². The van der Waals surface area contributed by atoms with Gasteiger partial charge in [-0.25, -0.2) is 0 Å². The highest BCUT2D eigenvalue weighted by molar-refractivity contribution is 5.98. The van der Waals surface area contributed by atoms with Crippen LogP contribution in [-0.2, 0) is 20.7 Å². The van der Waals surface area contributed by atoms with E-state index in [4.69, 9.17) is 4.52 Å². The van der Waals surface area contributed by atoms with Gasteiger partial charge in [-0.05, 0) is 6.42 Å². The highest BCUT2D eigenvalue weighted by atomic mass is 16.5. The van der Waals surface area contributed by atoms with E-state index in [0.717, 1.165) is 18.5 Å². The molecule has 0 N–H and O–H groups in total. The number of amides is 1. The van der Waals surface area contributed by atoms with Crippen LogP contribution in [0.5, 0.6) is 0 Å². The van der Waals surface area contributed by atoms with E-state index in [-0.39, 0.29) is 18.3 Å². The number of rotatable bonds is 4. The molecule has 1 aliphatic rings. The normalized spacial score (nSPS) is 19.3. The van der Waals surface area contributed by atoms with E-state index in [1.165, 1.54) is 12.0 Å². The summed E-state index contributed by atoms with van der Waals surface area (Å²) in [5.74, 6) is -0.499. The summed E-state index contributed by atoms with van der Waals surface area (Å²) in [6.07, 6.45) is 1.94. The molecule has 1 aromatic heterocycles. The zero-order chi connectivity index (χ0) is 13.1. The fourth-order valence-electron chi connectivity index (χ4n) is 2.05. The molecule has 0 radical (unpaired) electrons. The molecule has 0 saturated carbocycles. The quantitative estimate of drug-likeness (QED) is 0.752.